The van der Waals surface area contributed by atoms with Gasteiger partial charge in [-0.1, -0.05) is 0 Å². The number of hydrazine groups is 1. The molecule has 5 fully saturated rings. The molecule has 18 heteroatoms. The summed E-state index contributed by atoms with van der Waals surface area (Å²) in [5.41, 5.74) is 8.91. The number of carbonyl (C=O) groups is 6. The lowest BCUT2D eigenvalue weighted by Gasteiger charge is -2.46. The number of fused-ring (bicyclic) bond motifs is 2. The van der Waals surface area contributed by atoms with Gasteiger partial charge in [-0.3, -0.25) is 24.5 Å². The Balaban J connectivity index is 0.852. The fourth-order valence-electron chi connectivity index (χ4n) is 9.33. The molecule has 5 saturated heterocycles. The maximum atomic E-state index is 13.4. The van der Waals surface area contributed by atoms with Crippen molar-refractivity contribution in [2.24, 2.45) is 17.6 Å². The number of rotatable bonds is 8. The molecule has 2 aromatic carbocycles. The van der Waals surface area contributed by atoms with Crippen LogP contribution in [0, 0.1) is 11.8 Å². The Morgan fingerprint density at radius 2 is 1.52 bits per heavy atom. The number of likely N-dealkylation sites (N-methyl/N-ethyl adjacent to an activating group) is 1. The van der Waals surface area contributed by atoms with Crippen molar-refractivity contribution >= 4 is 64.4 Å². The molecule has 302 valence electrons. The average molecular weight is 791 g/mol. The first kappa shape index (κ1) is 37.1. The van der Waals surface area contributed by atoms with Gasteiger partial charge >= 0.3 is 12.1 Å². The lowest BCUT2D eigenvalue weighted by atomic mass is 9.79. The number of hydrogen-bond acceptors (Lipinski definition) is 12. The summed E-state index contributed by atoms with van der Waals surface area (Å²) in [5.74, 6) is -0.458. The molecule has 8 amide bonds. The summed E-state index contributed by atoms with van der Waals surface area (Å²) in [7, 11) is 1.82. The molecule has 3 aromatic rings. The van der Waals surface area contributed by atoms with E-state index < -0.39 is 29.7 Å². The minimum Gasteiger partial charge on any atom is -0.371 e. The van der Waals surface area contributed by atoms with E-state index in [0.29, 0.717) is 37.3 Å². The van der Waals surface area contributed by atoms with Crippen molar-refractivity contribution in [3.63, 3.8) is 0 Å². The molecule has 9 rings (SSSR count). The number of benzene rings is 2. The molecule has 6 aliphatic rings. The zero-order valence-electron chi connectivity index (χ0n) is 32.3. The zero-order valence-corrected chi connectivity index (χ0v) is 32.3. The van der Waals surface area contributed by atoms with Crippen molar-refractivity contribution in [2.45, 2.75) is 38.1 Å². The van der Waals surface area contributed by atoms with Gasteiger partial charge in [0.15, 0.2) is 11.5 Å². The van der Waals surface area contributed by atoms with Gasteiger partial charge in [-0.25, -0.2) is 24.6 Å². The number of amides is 8. The topological polar surface area (TPSA) is 201 Å². The molecular weight excluding hydrogens is 745 g/mol. The highest BCUT2D eigenvalue weighted by molar-refractivity contribution is 6.22. The number of anilines is 5. The van der Waals surface area contributed by atoms with E-state index in [1.54, 1.807) is 23.2 Å². The van der Waals surface area contributed by atoms with Crippen molar-refractivity contribution in [1.29, 1.82) is 0 Å². The Labute approximate surface area is 334 Å². The molecule has 3 atom stereocenters. The lowest BCUT2D eigenvalue weighted by Crippen LogP contribution is -2.58. The third-order valence-corrected chi connectivity index (χ3v) is 12.5. The third-order valence-electron chi connectivity index (χ3n) is 12.5. The summed E-state index contributed by atoms with van der Waals surface area (Å²) in [5, 5.41) is 7.30. The number of imide groups is 2. The van der Waals surface area contributed by atoms with E-state index in [0.717, 1.165) is 85.5 Å². The lowest BCUT2D eigenvalue weighted by molar-refractivity contribution is -0.122. The average Bonchev–Trinajstić information content (AvgIpc) is 3.70. The monoisotopic (exact) mass is 790 g/mol. The van der Waals surface area contributed by atoms with Crippen LogP contribution in [0.3, 0.4) is 0 Å². The molecular formula is C40H46N12O6. The summed E-state index contributed by atoms with van der Waals surface area (Å²) in [6, 6.07) is 12.6. The second-order valence-electron chi connectivity index (χ2n) is 16.0. The van der Waals surface area contributed by atoms with Crippen molar-refractivity contribution in [2.75, 3.05) is 86.0 Å². The molecule has 4 N–H and O–H groups in total. The molecule has 1 aromatic heterocycles. The van der Waals surface area contributed by atoms with Crippen LogP contribution in [0.1, 0.15) is 63.3 Å². The van der Waals surface area contributed by atoms with Gasteiger partial charge in [0.25, 0.3) is 17.7 Å². The van der Waals surface area contributed by atoms with Gasteiger partial charge in [0.1, 0.15) is 5.82 Å². The highest BCUT2D eigenvalue weighted by Gasteiger charge is 2.44. The summed E-state index contributed by atoms with van der Waals surface area (Å²) in [6.07, 6.45) is 5.46. The number of nitrogens with two attached hydrogens (primary N) is 1. The van der Waals surface area contributed by atoms with Gasteiger partial charge in [-0.15, -0.1) is 0 Å². The molecule has 0 saturated carbocycles. The van der Waals surface area contributed by atoms with Crippen LogP contribution in [0.25, 0.3) is 0 Å². The number of piperidine rings is 3. The van der Waals surface area contributed by atoms with Gasteiger partial charge in [0, 0.05) is 82.9 Å². The normalized spacial score (nSPS) is 23.7. The minimum atomic E-state index is -0.786. The first-order valence-corrected chi connectivity index (χ1v) is 20.0. The summed E-state index contributed by atoms with van der Waals surface area (Å²) in [4.78, 5) is 95.5. The first-order chi connectivity index (χ1) is 28.0. The number of nitrogens with zero attached hydrogens (tertiary/aromatic N) is 9. The fourth-order valence-corrected chi connectivity index (χ4v) is 9.33. The fraction of sp³-hybridized carbons (Fsp3) is 0.450. The van der Waals surface area contributed by atoms with E-state index in [9.17, 15) is 28.8 Å². The second-order valence-corrected chi connectivity index (χ2v) is 16.0. The highest BCUT2D eigenvalue weighted by atomic mass is 16.2. The number of nitrogens with one attached hydrogen (secondary N) is 2. The van der Waals surface area contributed by atoms with E-state index in [1.807, 2.05) is 30.1 Å². The van der Waals surface area contributed by atoms with Crippen LogP contribution in [-0.4, -0.2) is 137 Å². The molecule has 0 unspecified atom stereocenters. The van der Waals surface area contributed by atoms with Gasteiger partial charge in [-0.05, 0) is 80.0 Å². The number of primary amides is 1. The summed E-state index contributed by atoms with van der Waals surface area (Å²) < 4.78 is 0. The number of hydrogen-bond donors (Lipinski definition) is 3. The minimum absolute atomic E-state index is 0.00345. The number of aromatic nitrogens is 2. The Kier molecular flexibility index (Phi) is 9.48. The van der Waals surface area contributed by atoms with Crippen molar-refractivity contribution < 1.29 is 28.8 Å². The smallest absolute Gasteiger partial charge is 0.343 e. The molecule has 58 heavy (non-hydrogen) atoms. The van der Waals surface area contributed by atoms with Crippen molar-refractivity contribution in [3.05, 3.63) is 65.5 Å². The number of carbonyl (C=O) groups excluding carboxylic acids is 6. The van der Waals surface area contributed by atoms with E-state index >= 15 is 0 Å². The highest BCUT2D eigenvalue weighted by Crippen LogP contribution is 2.37. The third kappa shape index (κ3) is 6.75. The first-order valence-electron chi connectivity index (χ1n) is 20.0. The van der Waals surface area contributed by atoms with Gasteiger partial charge in [-0.2, -0.15) is 5.01 Å². The molecule has 6 aliphatic heterocycles. The summed E-state index contributed by atoms with van der Waals surface area (Å²) >= 11 is 0. The predicted octanol–water partition coefficient (Wildman–Crippen LogP) is 2.46. The van der Waals surface area contributed by atoms with Crippen LogP contribution in [0.15, 0.2) is 48.7 Å². The van der Waals surface area contributed by atoms with E-state index in [4.69, 9.17) is 10.7 Å². The Hall–Kier alpha value is -6.46. The Bertz CT molecular complexity index is 2200. The molecule has 0 bridgehead atoms. The predicted molar refractivity (Wildman–Crippen MR) is 213 cm³/mol. The van der Waals surface area contributed by atoms with Gasteiger partial charge < -0.3 is 35.6 Å². The van der Waals surface area contributed by atoms with Gasteiger partial charge in [0.05, 0.1) is 29.9 Å². The quantitative estimate of drug-likeness (QED) is 0.282. The SMILES string of the molecule is CN1CCN([C@H]2CCCN(c3cnc(C(N)=O)c(Nc4ccc(N5CC[C@@H]6CCN(c7ccc8c(c7)C(=O)N(N7CCC(=O)NC7=O)C8=O)C[C@H]6C5)cc4)n3)C2)C1=O. The van der Waals surface area contributed by atoms with Crippen LogP contribution < -0.4 is 31.1 Å². The largest absolute Gasteiger partial charge is 0.371 e. The van der Waals surface area contributed by atoms with Crippen LogP contribution in [0.2, 0.25) is 0 Å². The second kappa shape index (κ2) is 14.8. The van der Waals surface area contributed by atoms with Crippen LogP contribution in [-0.2, 0) is 4.79 Å². The van der Waals surface area contributed by atoms with E-state index in [-0.39, 0.29) is 47.7 Å². The maximum absolute atomic E-state index is 13.4. The zero-order chi connectivity index (χ0) is 40.2. The molecule has 0 radical (unpaired) electrons. The molecule has 0 spiro atoms. The Morgan fingerprint density at radius 1 is 0.793 bits per heavy atom. The Morgan fingerprint density at radius 3 is 2.22 bits per heavy atom. The standard InChI is InChI=1S/C40H46N12O6/c1-46-17-18-50(40(46)58)29-3-2-13-49(23-29)32-20-42-34(35(41)54)36(44-32)43-26-4-6-27(7-5-26)47-14-10-24-11-15-48(22-25(24)21-47)28-8-9-30-31(19-28)38(56)52(37(30)55)51-16-12-33(53)45-39(51)57/h4-9,19-20,24-25,29H,2-3,10-18,21-23H2,1H3,(H2,41,54)(H,43,44)(H,45,53,57)/t24-,25-,29+/m1/s1. The van der Waals surface area contributed by atoms with E-state index in [1.165, 1.54) is 0 Å². The number of urea groups is 2. The molecule has 18 nitrogen and oxygen atoms in total. The molecule has 0 aliphatic carbocycles. The van der Waals surface area contributed by atoms with Crippen molar-refractivity contribution in [1.82, 2.24) is 35.1 Å². The summed E-state index contributed by atoms with van der Waals surface area (Å²) in [6.45, 7) is 6.16. The van der Waals surface area contributed by atoms with Crippen molar-refractivity contribution in [3.8, 4) is 0 Å². The maximum Gasteiger partial charge on any atom is 0.343 e. The van der Waals surface area contributed by atoms with Crippen LogP contribution in [0.5, 0.6) is 0 Å². The van der Waals surface area contributed by atoms with Gasteiger partial charge in [0.2, 0.25) is 5.91 Å². The van der Waals surface area contributed by atoms with E-state index in [2.05, 4.69) is 42.5 Å². The van der Waals surface area contributed by atoms with Crippen LogP contribution in [0.4, 0.5) is 38.3 Å². The molecule has 7 heterocycles. The van der Waals surface area contributed by atoms with Crippen LogP contribution >= 0.6 is 0 Å².